The second kappa shape index (κ2) is 10.1. The Bertz CT molecular complexity index is 728. The quantitative estimate of drug-likeness (QED) is 0.610. The molecule has 1 aromatic rings. The van der Waals surface area contributed by atoms with Gasteiger partial charge in [0.05, 0.1) is 11.0 Å². The van der Waals surface area contributed by atoms with Crippen LogP contribution in [0.5, 0.6) is 5.75 Å². The van der Waals surface area contributed by atoms with Crippen molar-refractivity contribution in [3.63, 3.8) is 0 Å². The number of hydrogen-bond acceptors (Lipinski definition) is 5. The SMILES string of the molecule is Cc1cc(S(=O)(=O)N2CCCC2)ccc1OCC(=O)NCCCOC(C)C. The van der Waals surface area contributed by atoms with Gasteiger partial charge in [0.15, 0.2) is 6.61 Å². The molecule has 1 aliphatic heterocycles. The third-order valence-electron chi connectivity index (χ3n) is 4.30. The van der Waals surface area contributed by atoms with E-state index in [2.05, 4.69) is 5.32 Å². The molecule has 7 nitrogen and oxygen atoms in total. The first kappa shape index (κ1) is 21.7. The van der Waals surface area contributed by atoms with Crippen LogP contribution in [-0.4, -0.2) is 57.6 Å². The smallest absolute Gasteiger partial charge is 0.257 e. The van der Waals surface area contributed by atoms with Crippen LogP contribution in [0.2, 0.25) is 0 Å². The molecular weight excluding hydrogens is 368 g/mol. The fourth-order valence-corrected chi connectivity index (χ4v) is 4.44. The van der Waals surface area contributed by atoms with E-state index in [4.69, 9.17) is 9.47 Å². The highest BCUT2D eigenvalue weighted by Gasteiger charge is 2.27. The summed E-state index contributed by atoms with van der Waals surface area (Å²) in [5.41, 5.74) is 0.688. The van der Waals surface area contributed by atoms with Gasteiger partial charge in [-0.2, -0.15) is 4.31 Å². The maximum absolute atomic E-state index is 12.6. The standard InChI is InChI=1S/C19H30N2O5S/c1-15(2)25-12-6-9-20-19(22)14-26-18-8-7-17(13-16(18)3)27(23,24)21-10-4-5-11-21/h7-8,13,15H,4-6,9-12,14H2,1-3H3,(H,20,22). The summed E-state index contributed by atoms with van der Waals surface area (Å²) in [7, 11) is -3.45. The van der Waals surface area contributed by atoms with Crippen molar-refractivity contribution in [1.82, 2.24) is 9.62 Å². The maximum atomic E-state index is 12.6. The van der Waals surface area contributed by atoms with E-state index in [0.717, 1.165) is 19.3 Å². The number of nitrogens with one attached hydrogen (secondary N) is 1. The predicted octanol–water partition coefficient (Wildman–Crippen LogP) is 2.09. The monoisotopic (exact) mass is 398 g/mol. The molecule has 0 aromatic heterocycles. The molecule has 1 amide bonds. The second-order valence-electron chi connectivity index (χ2n) is 6.95. The molecule has 2 rings (SSSR count). The Morgan fingerprint density at radius 3 is 2.59 bits per heavy atom. The molecule has 1 heterocycles. The molecule has 1 aromatic carbocycles. The Labute approximate surface area is 162 Å². The highest BCUT2D eigenvalue weighted by atomic mass is 32.2. The number of sulfonamides is 1. The van der Waals surface area contributed by atoms with Gasteiger partial charge < -0.3 is 14.8 Å². The van der Waals surface area contributed by atoms with E-state index in [-0.39, 0.29) is 23.5 Å². The molecule has 0 unspecified atom stereocenters. The molecule has 27 heavy (non-hydrogen) atoms. The van der Waals surface area contributed by atoms with Crippen LogP contribution in [0, 0.1) is 6.92 Å². The first-order valence-electron chi connectivity index (χ1n) is 9.42. The normalized spacial score (nSPS) is 15.3. The van der Waals surface area contributed by atoms with Gasteiger partial charge >= 0.3 is 0 Å². The summed E-state index contributed by atoms with van der Waals surface area (Å²) in [4.78, 5) is 12.1. The van der Waals surface area contributed by atoms with Gasteiger partial charge in [0.25, 0.3) is 5.91 Å². The Hall–Kier alpha value is -1.64. The van der Waals surface area contributed by atoms with Crippen LogP contribution in [0.4, 0.5) is 0 Å². The third kappa shape index (κ3) is 6.48. The van der Waals surface area contributed by atoms with Crippen LogP contribution in [0.15, 0.2) is 23.1 Å². The summed E-state index contributed by atoms with van der Waals surface area (Å²) >= 11 is 0. The Morgan fingerprint density at radius 1 is 1.26 bits per heavy atom. The number of ether oxygens (including phenoxy) is 2. The molecule has 1 fully saturated rings. The van der Waals surface area contributed by atoms with E-state index in [9.17, 15) is 13.2 Å². The molecule has 152 valence electrons. The largest absolute Gasteiger partial charge is 0.484 e. The van der Waals surface area contributed by atoms with Crippen molar-refractivity contribution in [2.45, 2.75) is 51.0 Å². The maximum Gasteiger partial charge on any atom is 0.257 e. The van der Waals surface area contributed by atoms with E-state index in [1.54, 1.807) is 19.1 Å². The average Bonchev–Trinajstić information content (AvgIpc) is 3.15. The van der Waals surface area contributed by atoms with Crippen LogP contribution in [0.3, 0.4) is 0 Å². The molecular formula is C19H30N2O5S. The number of carbonyl (C=O) groups excluding carboxylic acids is 1. The average molecular weight is 399 g/mol. The molecule has 1 saturated heterocycles. The lowest BCUT2D eigenvalue weighted by molar-refractivity contribution is -0.123. The molecule has 1 N–H and O–H groups in total. The number of aryl methyl sites for hydroxylation is 1. The minimum atomic E-state index is -3.45. The topological polar surface area (TPSA) is 84.9 Å². The molecule has 0 atom stereocenters. The molecule has 0 bridgehead atoms. The van der Waals surface area contributed by atoms with Crippen molar-refractivity contribution in [2.24, 2.45) is 0 Å². The summed E-state index contributed by atoms with van der Waals surface area (Å²) in [5.74, 6) is 0.293. The predicted molar refractivity (Wildman–Crippen MR) is 103 cm³/mol. The fourth-order valence-electron chi connectivity index (χ4n) is 2.84. The van der Waals surface area contributed by atoms with Crippen molar-refractivity contribution in [1.29, 1.82) is 0 Å². The summed E-state index contributed by atoms with van der Waals surface area (Å²) in [6.45, 7) is 7.88. The minimum Gasteiger partial charge on any atom is -0.484 e. The van der Waals surface area contributed by atoms with Crippen molar-refractivity contribution >= 4 is 15.9 Å². The minimum absolute atomic E-state index is 0.107. The van der Waals surface area contributed by atoms with Crippen molar-refractivity contribution in [3.8, 4) is 5.75 Å². The third-order valence-corrected chi connectivity index (χ3v) is 6.20. The van der Waals surface area contributed by atoms with Crippen molar-refractivity contribution in [3.05, 3.63) is 23.8 Å². The van der Waals surface area contributed by atoms with E-state index >= 15 is 0 Å². The lowest BCUT2D eigenvalue weighted by Gasteiger charge is -2.17. The number of hydrogen-bond donors (Lipinski definition) is 1. The zero-order valence-electron chi connectivity index (χ0n) is 16.4. The Balaban J connectivity index is 1.83. The molecule has 8 heteroatoms. The summed E-state index contributed by atoms with van der Waals surface area (Å²) < 4.78 is 37.6. The molecule has 0 saturated carbocycles. The van der Waals surface area contributed by atoms with Gasteiger partial charge in [0, 0.05) is 26.2 Å². The lowest BCUT2D eigenvalue weighted by atomic mass is 10.2. The first-order valence-corrected chi connectivity index (χ1v) is 10.9. The Morgan fingerprint density at radius 2 is 1.96 bits per heavy atom. The van der Waals surface area contributed by atoms with Gasteiger partial charge in [0.2, 0.25) is 10.0 Å². The summed E-state index contributed by atoms with van der Waals surface area (Å²) in [6, 6.07) is 4.75. The van der Waals surface area contributed by atoms with Gasteiger partial charge in [-0.25, -0.2) is 8.42 Å². The highest BCUT2D eigenvalue weighted by Crippen LogP contribution is 2.26. The fraction of sp³-hybridized carbons (Fsp3) is 0.632. The number of nitrogens with zero attached hydrogens (tertiary/aromatic N) is 1. The van der Waals surface area contributed by atoms with E-state index in [0.29, 0.717) is 37.6 Å². The lowest BCUT2D eigenvalue weighted by Crippen LogP contribution is -2.30. The van der Waals surface area contributed by atoms with Crippen LogP contribution >= 0.6 is 0 Å². The van der Waals surface area contributed by atoms with Gasteiger partial charge in [-0.15, -0.1) is 0 Å². The zero-order chi connectivity index (χ0) is 19.9. The number of amides is 1. The molecule has 0 radical (unpaired) electrons. The second-order valence-corrected chi connectivity index (χ2v) is 8.89. The van der Waals surface area contributed by atoms with Gasteiger partial charge in [-0.1, -0.05) is 0 Å². The van der Waals surface area contributed by atoms with Crippen molar-refractivity contribution in [2.75, 3.05) is 32.8 Å². The summed E-state index contributed by atoms with van der Waals surface area (Å²) in [6.07, 6.45) is 2.73. The Kier molecular flexibility index (Phi) is 8.07. The van der Waals surface area contributed by atoms with E-state index in [1.807, 2.05) is 13.8 Å². The van der Waals surface area contributed by atoms with E-state index in [1.165, 1.54) is 10.4 Å². The zero-order valence-corrected chi connectivity index (χ0v) is 17.2. The van der Waals surface area contributed by atoms with Crippen LogP contribution in [0.25, 0.3) is 0 Å². The first-order chi connectivity index (χ1) is 12.8. The number of carbonyl (C=O) groups is 1. The number of rotatable bonds is 10. The van der Waals surface area contributed by atoms with Crippen LogP contribution < -0.4 is 10.1 Å². The number of benzene rings is 1. The molecule has 0 aliphatic carbocycles. The molecule has 0 spiro atoms. The van der Waals surface area contributed by atoms with Crippen LogP contribution in [0.1, 0.15) is 38.7 Å². The van der Waals surface area contributed by atoms with Crippen molar-refractivity contribution < 1.29 is 22.7 Å². The molecule has 1 aliphatic rings. The summed E-state index contributed by atoms with van der Waals surface area (Å²) in [5, 5.41) is 2.77. The van der Waals surface area contributed by atoms with Gasteiger partial charge in [-0.3, -0.25) is 4.79 Å². The van der Waals surface area contributed by atoms with E-state index < -0.39 is 10.0 Å². The highest BCUT2D eigenvalue weighted by molar-refractivity contribution is 7.89. The van der Waals surface area contributed by atoms with Gasteiger partial charge in [0.1, 0.15) is 5.75 Å². The van der Waals surface area contributed by atoms with Gasteiger partial charge in [-0.05, 0) is 63.8 Å². The van der Waals surface area contributed by atoms with Crippen LogP contribution in [-0.2, 0) is 19.6 Å².